The van der Waals surface area contributed by atoms with Crippen molar-refractivity contribution in [1.29, 1.82) is 0 Å². The normalized spacial score (nSPS) is 10.3. The van der Waals surface area contributed by atoms with Crippen molar-refractivity contribution in [2.75, 3.05) is 5.32 Å². The second kappa shape index (κ2) is 6.36. The molecule has 7 heteroatoms. The zero-order valence-electron chi connectivity index (χ0n) is 11.3. The summed E-state index contributed by atoms with van der Waals surface area (Å²) in [5.74, 6) is -1.19. The fourth-order valence-corrected chi connectivity index (χ4v) is 2.84. The fraction of sp³-hybridized carbons (Fsp3) is 0.214. The third kappa shape index (κ3) is 3.38. The highest BCUT2D eigenvalue weighted by atomic mass is 32.1. The number of benzene rings is 1. The van der Waals surface area contributed by atoms with Gasteiger partial charge in [0.25, 0.3) is 5.69 Å². The van der Waals surface area contributed by atoms with Gasteiger partial charge in [0, 0.05) is 22.4 Å². The zero-order valence-corrected chi connectivity index (χ0v) is 12.1. The lowest BCUT2D eigenvalue weighted by Crippen LogP contribution is -2.08. The van der Waals surface area contributed by atoms with Gasteiger partial charge in [0.2, 0.25) is 0 Å². The average molecular weight is 306 g/mol. The molecule has 1 aromatic heterocycles. The van der Waals surface area contributed by atoms with Gasteiger partial charge in [0.1, 0.15) is 5.69 Å². The number of carboxylic acids is 1. The molecule has 0 saturated heterocycles. The maximum Gasteiger partial charge on any atom is 0.338 e. The second-order valence-corrected chi connectivity index (χ2v) is 5.59. The van der Waals surface area contributed by atoms with Gasteiger partial charge in [-0.1, -0.05) is 13.0 Å². The van der Waals surface area contributed by atoms with E-state index in [2.05, 4.69) is 5.32 Å². The Bertz CT molecular complexity index is 649. The van der Waals surface area contributed by atoms with Crippen LogP contribution in [0.5, 0.6) is 0 Å². The maximum absolute atomic E-state index is 11.2. The average Bonchev–Trinajstić information content (AvgIpc) is 2.92. The van der Waals surface area contributed by atoms with E-state index in [1.54, 1.807) is 11.3 Å². The van der Waals surface area contributed by atoms with Gasteiger partial charge in [0.15, 0.2) is 0 Å². The number of nitrogens with one attached hydrogen (secondary N) is 1. The number of thiophene rings is 1. The third-order valence-corrected chi connectivity index (χ3v) is 4.20. The van der Waals surface area contributed by atoms with Crippen LogP contribution >= 0.6 is 11.3 Å². The molecule has 0 radical (unpaired) electrons. The first-order valence-corrected chi connectivity index (χ1v) is 7.16. The number of hydrogen-bond donors (Lipinski definition) is 2. The van der Waals surface area contributed by atoms with Crippen molar-refractivity contribution in [2.45, 2.75) is 19.9 Å². The van der Waals surface area contributed by atoms with Crippen LogP contribution in [0.15, 0.2) is 30.3 Å². The molecule has 2 aromatic rings. The molecule has 0 unspecified atom stereocenters. The highest BCUT2D eigenvalue weighted by molar-refractivity contribution is 7.12. The largest absolute Gasteiger partial charge is 0.478 e. The first-order chi connectivity index (χ1) is 10.0. The molecule has 0 fully saturated rings. The number of anilines is 1. The van der Waals surface area contributed by atoms with Crippen molar-refractivity contribution in [1.82, 2.24) is 0 Å². The molecular weight excluding hydrogens is 292 g/mol. The summed E-state index contributed by atoms with van der Waals surface area (Å²) in [7, 11) is 0. The van der Waals surface area contributed by atoms with Gasteiger partial charge in [-0.3, -0.25) is 10.1 Å². The molecule has 1 heterocycles. The summed E-state index contributed by atoms with van der Waals surface area (Å²) in [5.41, 5.74) is -0.292. The van der Waals surface area contributed by atoms with Gasteiger partial charge in [0.05, 0.1) is 10.5 Å². The number of rotatable bonds is 6. The minimum absolute atomic E-state index is 0.0430. The summed E-state index contributed by atoms with van der Waals surface area (Å²) in [6, 6.07) is 7.95. The Kier molecular flexibility index (Phi) is 4.54. The van der Waals surface area contributed by atoms with Crippen LogP contribution in [-0.4, -0.2) is 16.0 Å². The predicted molar refractivity (Wildman–Crippen MR) is 81.1 cm³/mol. The smallest absolute Gasteiger partial charge is 0.338 e. The van der Waals surface area contributed by atoms with Crippen LogP contribution in [-0.2, 0) is 13.0 Å². The number of nitro benzene ring substituents is 1. The van der Waals surface area contributed by atoms with E-state index in [0.29, 0.717) is 6.54 Å². The number of aromatic carboxylic acids is 1. The van der Waals surface area contributed by atoms with Gasteiger partial charge >= 0.3 is 5.97 Å². The summed E-state index contributed by atoms with van der Waals surface area (Å²) in [6.45, 7) is 2.41. The summed E-state index contributed by atoms with van der Waals surface area (Å²) >= 11 is 1.60. The molecule has 110 valence electrons. The molecule has 0 aliphatic rings. The highest BCUT2D eigenvalue weighted by Gasteiger charge is 2.21. The van der Waals surface area contributed by atoms with E-state index in [-0.39, 0.29) is 16.9 Å². The first kappa shape index (κ1) is 15.0. The quantitative estimate of drug-likeness (QED) is 0.629. The van der Waals surface area contributed by atoms with Crippen LogP contribution in [0.2, 0.25) is 0 Å². The Balaban J connectivity index is 2.28. The molecule has 0 aliphatic carbocycles. The monoisotopic (exact) mass is 306 g/mol. The van der Waals surface area contributed by atoms with Crippen molar-refractivity contribution in [3.8, 4) is 0 Å². The number of para-hydroxylation sites is 1. The van der Waals surface area contributed by atoms with Crippen LogP contribution < -0.4 is 5.32 Å². The van der Waals surface area contributed by atoms with Crippen LogP contribution in [0.1, 0.15) is 27.0 Å². The Morgan fingerprint density at radius 3 is 2.62 bits per heavy atom. The number of carbonyl (C=O) groups is 1. The van der Waals surface area contributed by atoms with Crippen molar-refractivity contribution in [3.05, 3.63) is 55.8 Å². The molecule has 0 spiro atoms. The summed E-state index contributed by atoms with van der Waals surface area (Å²) in [6.07, 6.45) is 0.927. The van der Waals surface area contributed by atoms with Crippen LogP contribution in [0.25, 0.3) is 0 Å². The number of carboxylic acid groups (broad SMARTS) is 1. The maximum atomic E-state index is 11.2. The van der Waals surface area contributed by atoms with Gasteiger partial charge in [-0.15, -0.1) is 11.3 Å². The van der Waals surface area contributed by atoms with Gasteiger partial charge in [-0.05, 0) is 24.6 Å². The van der Waals surface area contributed by atoms with Crippen molar-refractivity contribution in [3.63, 3.8) is 0 Å². The predicted octanol–water partition coefficient (Wildman–Crippen LogP) is 3.53. The molecule has 2 rings (SSSR count). The standard InChI is InChI=1S/C14H14N2O4S/c1-2-9-6-7-10(21-9)8-15-13-11(14(17)18)4-3-5-12(13)16(19)20/h3-7,15H,2,8H2,1H3,(H,17,18). The first-order valence-electron chi connectivity index (χ1n) is 6.35. The van der Waals surface area contributed by atoms with E-state index < -0.39 is 10.9 Å². The minimum Gasteiger partial charge on any atom is -0.478 e. The topological polar surface area (TPSA) is 92.5 Å². The Hall–Kier alpha value is -2.41. The molecule has 0 amide bonds. The molecule has 1 aromatic carbocycles. The van der Waals surface area contributed by atoms with E-state index in [9.17, 15) is 14.9 Å². The van der Waals surface area contributed by atoms with E-state index in [1.807, 2.05) is 19.1 Å². The molecule has 0 aliphatic heterocycles. The zero-order chi connectivity index (χ0) is 15.4. The second-order valence-electron chi connectivity index (χ2n) is 4.34. The SMILES string of the molecule is CCc1ccc(CNc2c(C(=O)O)cccc2[N+](=O)[O-])s1. The van der Waals surface area contributed by atoms with E-state index in [4.69, 9.17) is 5.11 Å². The third-order valence-electron chi connectivity index (χ3n) is 2.97. The lowest BCUT2D eigenvalue weighted by Gasteiger charge is -2.09. The molecule has 0 saturated carbocycles. The van der Waals surface area contributed by atoms with Crippen molar-refractivity contribution in [2.24, 2.45) is 0 Å². The molecule has 0 atom stereocenters. The van der Waals surface area contributed by atoms with Crippen LogP contribution in [0.4, 0.5) is 11.4 Å². The van der Waals surface area contributed by atoms with Gasteiger partial charge in [-0.2, -0.15) is 0 Å². The van der Waals surface area contributed by atoms with Crippen LogP contribution in [0, 0.1) is 10.1 Å². The molecule has 21 heavy (non-hydrogen) atoms. The lowest BCUT2D eigenvalue weighted by atomic mass is 10.1. The summed E-state index contributed by atoms with van der Waals surface area (Å²) in [5, 5.41) is 23.1. The number of nitro groups is 1. The lowest BCUT2D eigenvalue weighted by molar-refractivity contribution is -0.384. The Labute approximate surface area is 125 Å². The van der Waals surface area contributed by atoms with E-state index in [1.165, 1.54) is 23.1 Å². The summed E-state index contributed by atoms with van der Waals surface area (Å²) in [4.78, 5) is 23.9. The molecule has 2 N–H and O–H groups in total. The number of hydrogen-bond acceptors (Lipinski definition) is 5. The van der Waals surface area contributed by atoms with Crippen LogP contribution in [0.3, 0.4) is 0 Å². The Morgan fingerprint density at radius 1 is 1.33 bits per heavy atom. The fourth-order valence-electron chi connectivity index (χ4n) is 1.94. The van der Waals surface area contributed by atoms with Crippen molar-refractivity contribution < 1.29 is 14.8 Å². The van der Waals surface area contributed by atoms with E-state index >= 15 is 0 Å². The highest BCUT2D eigenvalue weighted by Crippen LogP contribution is 2.29. The van der Waals surface area contributed by atoms with Crippen molar-refractivity contribution >= 4 is 28.7 Å². The van der Waals surface area contributed by atoms with Gasteiger partial charge < -0.3 is 10.4 Å². The summed E-state index contributed by atoms with van der Waals surface area (Å²) < 4.78 is 0. The molecule has 6 nitrogen and oxygen atoms in total. The number of nitrogens with zero attached hydrogens (tertiary/aromatic N) is 1. The molecular formula is C14H14N2O4S. The Morgan fingerprint density at radius 2 is 2.05 bits per heavy atom. The number of aryl methyl sites for hydroxylation is 1. The minimum atomic E-state index is -1.19. The van der Waals surface area contributed by atoms with E-state index in [0.717, 1.165) is 11.3 Å². The molecule has 0 bridgehead atoms. The van der Waals surface area contributed by atoms with Gasteiger partial charge in [-0.25, -0.2) is 4.79 Å².